The molecular formula is C11H28ClNO3. The maximum absolute atomic E-state index is 8.39. The van der Waals surface area contributed by atoms with E-state index in [2.05, 4.69) is 21.1 Å². The minimum Gasteiger partial charge on any atom is -1.00 e. The third-order valence-electron chi connectivity index (χ3n) is 1.84. The normalized spacial score (nSPS) is 10.1. The lowest BCUT2D eigenvalue weighted by atomic mass is 10.2. The Hall–Kier alpha value is 0.130. The minimum atomic E-state index is 0. The first kappa shape index (κ1) is 21.4. The molecule has 0 aromatic rings. The average molecular weight is 258 g/mol. The Morgan fingerprint density at radius 1 is 0.688 bits per heavy atom. The molecule has 0 spiro atoms. The van der Waals surface area contributed by atoms with Gasteiger partial charge in [-0.2, -0.15) is 0 Å². The summed E-state index contributed by atoms with van der Waals surface area (Å²) in [6.45, 7) is 1.68. The smallest absolute Gasteiger partial charge is 0.101 e. The molecule has 0 radical (unpaired) electrons. The summed E-state index contributed by atoms with van der Waals surface area (Å²) in [5, 5.41) is 25.0. The van der Waals surface area contributed by atoms with E-state index in [1.165, 1.54) is 0 Å². The van der Waals surface area contributed by atoms with Crippen LogP contribution < -0.4 is 12.4 Å². The van der Waals surface area contributed by atoms with Crippen molar-refractivity contribution >= 4 is 0 Å². The van der Waals surface area contributed by atoms with Crippen molar-refractivity contribution in [1.29, 1.82) is 0 Å². The Morgan fingerprint density at radius 2 is 1.06 bits per heavy atom. The van der Waals surface area contributed by atoms with E-state index in [4.69, 9.17) is 15.3 Å². The van der Waals surface area contributed by atoms with Crippen molar-refractivity contribution in [1.82, 2.24) is 0 Å². The Morgan fingerprint density at radius 3 is 1.19 bits per heavy atom. The molecule has 5 heteroatoms. The second-order valence-corrected chi connectivity index (χ2v) is 4.60. The summed E-state index contributed by atoms with van der Waals surface area (Å²) >= 11 is 0. The summed E-state index contributed by atoms with van der Waals surface area (Å²) in [5.41, 5.74) is 0. The molecule has 4 nitrogen and oxygen atoms in total. The van der Waals surface area contributed by atoms with E-state index in [0.29, 0.717) is 0 Å². The summed E-state index contributed by atoms with van der Waals surface area (Å²) in [5.74, 6) is 0. The fourth-order valence-electron chi connectivity index (χ4n) is 0.877. The fourth-order valence-corrected chi connectivity index (χ4v) is 0.877. The summed E-state index contributed by atoms with van der Waals surface area (Å²) in [6.07, 6.45) is 3.83. The van der Waals surface area contributed by atoms with E-state index in [-0.39, 0.29) is 32.2 Å². The zero-order valence-electron chi connectivity index (χ0n) is 10.8. The summed E-state index contributed by atoms with van der Waals surface area (Å²) in [4.78, 5) is 0. The lowest BCUT2D eigenvalue weighted by Gasteiger charge is -2.21. The van der Waals surface area contributed by atoms with Crippen LogP contribution in [-0.2, 0) is 0 Å². The van der Waals surface area contributed by atoms with E-state index in [9.17, 15) is 0 Å². The topological polar surface area (TPSA) is 60.7 Å². The van der Waals surface area contributed by atoms with Crippen LogP contribution in [0, 0.1) is 0 Å². The average Bonchev–Trinajstić information content (AvgIpc) is 2.12. The van der Waals surface area contributed by atoms with Gasteiger partial charge in [-0.25, -0.2) is 0 Å². The van der Waals surface area contributed by atoms with Gasteiger partial charge in [0.1, 0.15) is 6.54 Å². The molecule has 0 aromatic heterocycles. The van der Waals surface area contributed by atoms with Crippen molar-refractivity contribution in [2.45, 2.75) is 25.7 Å². The SMILES string of the molecule is C[N+](C)(C)CCO.OCCCCCCO.[Cl-]. The number of likely N-dealkylation sites (N-methyl/N-ethyl adjacent to an activating group) is 1. The molecule has 0 unspecified atom stereocenters. The van der Waals surface area contributed by atoms with Gasteiger partial charge in [0.2, 0.25) is 0 Å². The Labute approximate surface area is 106 Å². The number of hydrogen-bond donors (Lipinski definition) is 3. The van der Waals surface area contributed by atoms with E-state index in [1.54, 1.807) is 0 Å². The molecule has 0 fully saturated rings. The zero-order chi connectivity index (χ0) is 12.2. The largest absolute Gasteiger partial charge is 1.00 e. The van der Waals surface area contributed by atoms with E-state index in [0.717, 1.165) is 36.7 Å². The third kappa shape index (κ3) is 29.2. The molecule has 0 amide bonds. The highest BCUT2D eigenvalue weighted by molar-refractivity contribution is 4.39. The van der Waals surface area contributed by atoms with Gasteiger partial charge in [-0.3, -0.25) is 0 Å². The first-order chi connectivity index (χ1) is 6.97. The van der Waals surface area contributed by atoms with Gasteiger partial charge < -0.3 is 32.2 Å². The van der Waals surface area contributed by atoms with E-state index >= 15 is 0 Å². The van der Waals surface area contributed by atoms with Crippen molar-refractivity contribution in [2.75, 3.05) is 47.5 Å². The quantitative estimate of drug-likeness (QED) is 0.342. The maximum Gasteiger partial charge on any atom is 0.101 e. The molecule has 102 valence electrons. The highest BCUT2D eigenvalue weighted by Crippen LogP contribution is 1.96. The molecule has 0 aliphatic carbocycles. The van der Waals surface area contributed by atoms with Crippen LogP contribution in [0.1, 0.15) is 25.7 Å². The second kappa shape index (κ2) is 15.1. The molecule has 0 saturated carbocycles. The lowest BCUT2D eigenvalue weighted by Crippen LogP contribution is -3.00. The third-order valence-corrected chi connectivity index (χ3v) is 1.84. The number of halogens is 1. The van der Waals surface area contributed by atoms with Crippen LogP contribution in [0.4, 0.5) is 0 Å². The van der Waals surface area contributed by atoms with Crippen LogP contribution in [0.2, 0.25) is 0 Å². The van der Waals surface area contributed by atoms with Crippen LogP contribution in [-0.4, -0.2) is 67.3 Å². The lowest BCUT2D eigenvalue weighted by molar-refractivity contribution is -0.870. The molecule has 0 aliphatic heterocycles. The minimum absolute atomic E-state index is 0. The van der Waals surface area contributed by atoms with Gasteiger partial charge in [-0.15, -0.1) is 0 Å². The number of nitrogens with zero attached hydrogens (tertiary/aromatic N) is 1. The second-order valence-electron chi connectivity index (χ2n) is 4.60. The molecule has 0 heterocycles. The summed E-state index contributed by atoms with van der Waals surface area (Å²) in [6, 6.07) is 0. The van der Waals surface area contributed by atoms with Gasteiger partial charge in [0.15, 0.2) is 0 Å². The van der Waals surface area contributed by atoms with Crippen LogP contribution >= 0.6 is 0 Å². The Kier molecular flexibility index (Phi) is 20.3. The number of aliphatic hydroxyl groups excluding tert-OH is 3. The Bertz CT molecular complexity index is 112. The van der Waals surface area contributed by atoms with Crippen LogP contribution in [0.3, 0.4) is 0 Å². The van der Waals surface area contributed by atoms with Gasteiger partial charge in [0, 0.05) is 13.2 Å². The first-order valence-electron chi connectivity index (χ1n) is 5.61. The van der Waals surface area contributed by atoms with Gasteiger partial charge in [0.25, 0.3) is 0 Å². The molecule has 0 bridgehead atoms. The maximum atomic E-state index is 8.39. The molecule has 16 heavy (non-hydrogen) atoms. The van der Waals surface area contributed by atoms with Crippen molar-refractivity contribution in [2.24, 2.45) is 0 Å². The summed E-state index contributed by atoms with van der Waals surface area (Å²) < 4.78 is 0.844. The molecule has 0 saturated heterocycles. The molecule has 0 rings (SSSR count). The zero-order valence-corrected chi connectivity index (χ0v) is 11.6. The number of unbranched alkanes of at least 4 members (excludes halogenated alkanes) is 3. The van der Waals surface area contributed by atoms with Crippen LogP contribution in [0.15, 0.2) is 0 Å². The number of aliphatic hydroxyl groups is 3. The molecule has 3 N–H and O–H groups in total. The predicted molar refractivity (Wildman–Crippen MR) is 62.6 cm³/mol. The van der Waals surface area contributed by atoms with E-state index < -0.39 is 0 Å². The molecule has 0 atom stereocenters. The Balaban J connectivity index is -0.000000200. The van der Waals surface area contributed by atoms with Gasteiger partial charge in [0.05, 0.1) is 27.7 Å². The van der Waals surface area contributed by atoms with Gasteiger partial charge in [-0.05, 0) is 12.8 Å². The van der Waals surface area contributed by atoms with Crippen LogP contribution in [0.5, 0.6) is 0 Å². The van der Waals surface area contributed by atoms with Gasteiger partial charge >= 0.3 is 0 Å². The first-order valence-corrected chi connectivity index (χ1v) is 5.61. The van der Waals surface area contributed by atoms with E-state index in [1.807, 2.05) is 0 Å². The van der Waals surface area contributed by atoms with Crippen molar-refractivity contribution < 1.29 is 32.2 Å². The monoisotopic (exact) mass is 257 g/mol. The van der Waals surface area contributed by atoms with Crippen molar-refractivity contribution in [3.8, 4) is 0 Å². The molecule has 0 aromatic carbocycles. The van der Waals surface area contributed by atoms with Gasteiger partial charge in [-0.1, -0.05) is 12.8 Å². The highest BCUT2D eigenvalue weighted by atomic mass is 35.5. The summed E-state index contributed by atoms with van der Waals surface area (Å²) in [7, 11) is 6.16. The molecular weight excluding hydrogens is 230 g/mol. The number of hydrogen-bond acceptors (Lipinski definition) is 3. The van der Waals surface area contributed by atoms with Crippen molar-refractivity contribution in [3.05, 3.63) is 0 Å². The number of quaternary nitrogens is 1. The highest BCUT2D eigenvalue weighted by Gasteiger charge is 2.02. The van der Waals surface area contributed by atoms with Crippen LogP contribution in [0.25, 0.3) is 0 Å². The fraction of sp³-hybridized carbons (Fsp3) is 1.00. The molecule has 0 aliphatic rings. The number of rotatable bonds is 7. The standard InChI is InChI=1S/C6H14O2.C5H14NO.ClH/c7-5-3-1-2-4-6-8;1-6(2,3)4-5-7;/h7-8H,1-6H2;7H,4-5H2,1-3H3;1H/q;+1;/p-1. The predicted octanol–water partition coefficient (Wildman–Crippen LogP) is -2.78. The van der Waals surface area contributed by atoms with Crippen molar-refractivity contribution in [3.63, 3.8) is 0 Å².